The number of rotatable bonds is 5. The van der Waals surface area contributed by atoms with Crippen LogP contribution in [0.4, 0.5) is 4.39 Å². The summed E-state index contributed by atoms with van der Waals surface area (Å²) in [6.45, 7) is 3.13. The van der Waals surface area contributed by atoms with Crippen LogP contribution in [0.15, 0.2) is 18.3 Å². The van der Waals surface area contributed by atoms with E-state index in [2.05, 4.69) is 4.98 Å². The third kappa shape index (κ3) is 5.41. The van der Waals surface area contributed by atoms with Crippen molar-refractivity contribution in [3.63, 3.8) is 0 Å². The minimum atomic E-state index is -1.67. The molecule has 0 aliphatic carbocycles. The van der Waals surface area contributed by atoms with Gasteiger partial charge >= 0.3 is 68.9 Å². The molecule has 2 atom stereocenters. The number of ether oxygens (including phenoxy) is 1. The predicted molar refractivity (Wildman–Crippen MR) is 78.6 cm³/mol. The fourth-order valence-corrected chi connectivity index (χ4v) is 2.58. The van der Waals surface area contributed by atoms with Crippen molar-refractivity contribution in [3.8, 4) is 16.3 Å². The predicted octanol–water partition coefficient (Wildman–Crippen LogP) is -0.882. The number of aromatic carboxylic acids is 1. The van der Waals surface area contributed by atoms with Gasteiger partial charge in [0, 0.05) is 5.56 Å². The number of carbonyl (C=O) groups excluding carboxylic acids is 1. The minimum absolute atomic E-state index is 0. The Morgan fingerprint density at radius 3 is 2.61 bits per heavy atom. The summed E-state index contributed by atoms with van der Waals surface area (Å²) < 4.78 is 20.1. The quantitative estimate of drug-likeness (QED) is 0.605. The first-order valence-electron chi connectivity index (χ1n) is 6.31. The van der Waals surface area contributed by atoms with E-state index in [9.17, 15) is 19.4 Å². The maximum absolute atomic E-state index is 14.3. The van der Waals surface area contributed by atoms with E-state index in [0.29, 0.717) is 4.34 Å². The average Bonchev–Trinajstić information content (AvgIpc) is 2.86. The molecule has 23 heavy (non-hydrogen) atoms. The Hall–Kier alpha value is 0.352. The summed E-state index contributed by atoms with van der Waals surface area (Å²) in [6, 6.07) is 2.33. The first-order valence-corrected chi connectivity index (χ1v) is 7.50. The molecule has 1 aromatic carbocycles. The van der Waals surface area contributed by atoms with Gasteiger partial charge in [-0.3, -0.25) is 0 Å². The SMILES string of the molecule is CC(O)C(C)Oc1cc(C(=O)[O-])c(F)c(-c2ncc(Cl)s2)c1.[Cs+]. The van der Waals surface area contributed by atoms with E-state index in [1.807, 2.05) is 0 Å². The third-order valence-electron chi connectivity index (χ3n) is 2.98. The second-order valence-electron chi connectivity index (χ2n) is 4.65. The van der Waals surface area contributed by atoms with Gasteiger partial charge in [0.2, 0.25) is 0 Å². The Bertz CT molecular complexity index is 710. The Balaban J connectivity index is 0.00000264. The summed E-state index contributed by atoms with van der Waals surface area (Å²) in [5, 5.41) is 20.8. The van der Waals surface area contributed by atoms with Crippen molar-refractivity contribution in [3.05, 3.63) is 34.0 Å². The molecule has 9 heteroatoms. The maximum atomic E-state index is 14.3. The molecule has 2 aromatic rings. The molecule has 5 nitrogen and oxygen atoms in total. The zero-order valence-corrected chi connectivity index (χ0v) is 20.5. The number of aliphatic hydroxyl groups is 1. The van der Waals surface area contributed by atoms with Crippen LogP contribution < -0.4 is 78.7 Å². The van der Waals surface area contributed by atoms with Crippen LogP contribution >= 0.6 is 22.9 Å². The van der Waals surface area contributed by atoms with Crippen LogP contribution in [-0.2, 0) is 0 Å². The Morgan fingerprint density at radius 1 is 1.48 bits per heavy atom. The van der Waals surface area contributed by atoms with Crippen LogP contribution in [0.1, 0.15) is 24.2 Å². The number of aromatic nitrogens is 1. The fourth-order valence-electron chi connectivity index (χ4n) is 1.66. The molecule has 2 rings (SSSR count). The Labute approximate surface area is 200 Å². The largest absolute Gasteiger partial charge is 1.00 e. The average molecular weight is 478 g/mol. The van der Waals surface area contributed by atoms with Crippen molar-refractivity contribution >= 4 is 28.9 Å². The fraction of sp³-hybridized carbons (Fsp3) is 0.286. The number of hydrogen-bond donors (Lipinski definition) is 1. The van der Waals surface area contributed by atoms with Crippen LogP contribution in [0.25, 0.3) is 10.6 Å². The van der Waals surface area contributed by atoms with Crippen molar-refractivity contribution in [2.45, 2.75) is 26.1 Å². The number of halogens is 2. The van der Waals surface area contributed by atoms with Crippen molar-refractivity contribution in [2.24, 2.45) is 0 Å². The maximum Gasteiger partial charge on any atom is 1.00 e. The molecule has 0 aliphatic heterocycles. The summed E-state index contributed by atoms with van der Waals surface area (Å²) in [4.78, 5) is 15.0. The molecule has 0 bridgehead atoms. The number of nitrogens with zero attached hydrogens (tertiary/aromatic N) is 1. The van der Waals surface area contributed by atoms with E-state index >= 15 is 0 Å². The first kappa shape index (κ1) is 21.4. The molecule has 0 saturated heterocycles. The molecular weight excluding hydrogens is 466 g/mol. The van der Waals surface area contributed by atoms with E-state index in [1.165, 1.54) is 19.2 Å². The van der Waals surface area contributed by atoms with Gasteiger partial charge in [-0.2, -0.15) is 0 Å². The van der Waals surface area contributed by atoms with Crippen LogP contribution in [0.5, 0.6) is 5.75 Å². The van der Waals surface area contributed by atoms with Crippen LogP contribution in [0, 0.1) is 5.82 Å². The molecule has 1 N–H and O–H groups in total. The van der Waals surface area contributed by atoms with Gasteiger partial charge in [0.05, 0.1) is 23.8 Å². The minimum Gasteiger partial charge on any atom is -0.545 e. The van der Waals surface area contributed by atoms with E-state index in [4.69, 9.17) is 16.3 Å². The third-order valence-corrected chi connectivity index (χ3v) is 4.12. The van der Waals surface area contributed by atoms with Gasteiger partial charge in [-0.25, -0.2) is 9.37 Å². The smallest absolute Gasteiger partial charge is 0.545 e. The van der Waals surface area contributed by atoms with Crippen LogP contribution in [-0.4, -0.2) is 28.3 Å². The molecule has 0 amide bonds. The van der Waals surface area contributed by atoms with Crippen molar-refractivity contribution in [1.82, 2.24) is 4.98 Å². The van der Waals surface area contributed by atoms with Gasteiger partial charge in [0.1, 0.15) is 27.0 Å². The van der Waals surface area contributed by atoms with Gasteiger partial charge in [-0.15, -0.1) is 11.3 Å². The molecule has 2 unspecified atom stereocenters. The van der Waals surface area contributed by atoms with Gasteiger partial charge in [-0.05, 0) is 26.0 Å². The van der Waals surface area contributed by atoms with Gasteiger partial charge in [0.25, 0.3) is 0 Å². The molecule has 1 heterocycles. The molecule has 0 radical (unpaired) electrons. The summed E-state index contributed by atoms with van der Waals surface area (Å²) in [6.07, 6.45) is -0.0481. The van der Waals surface area contributed by atoms with Gasteiger partial charge in [0.15, 0.2) is 0 Å². The Kier molecular flexibility index (Phi) is 8.52. The van der Waals surface area contributed by atoms with E-state index in [0.717, 1.165) is 17.4 Å². The van der Waals surface area contributed by atoms with Crippen molar-refractivity contribution in [1.29, 1.82) is 0 Å². The normalized spacial score (nSPS) is 13.1. The molecule has 1 aromatic heterocycles. The number of carbonyl (C=O) groups is 1. The summed E-state index contributed by atoms with van der Waals surface area (Å²) in [7, 11) is 0. The van der Waals surface area contributed by atoms with E-state index < -0.39 is 29.6 Å². The zero-order chi connectivity index (χ0) is 16.4. The number of carboxylic acid groups (broad SMARTS) is 1. The molecule has 118 valence electrons. The summed E-state index contributed by atoms with van der Waals surface area (Å²) in [5.74, 6) is -2.55. The van der Waals surface area contributed by atoms with Crippen molar-refractivity contribution < 1.29 is 93.0 Å². The second kappa shape index (κ2) is 9.16. The topological polar surface area (TPSA) is 82.5 Å². The number of benzene rings is 1. The molecule has 0 saturated carbocycles. The monoisotopic (exact) mass is 477 g/mol. The van der Waals surface area contributed by atoms with E-state index in [1.54, 1.807) is 6.92 Å². The summed E-state index contributed by atoms with van der Waals surface area (Å²) >= 11 is 6.78. The van der Waals surface area contributed by atoms with E-state index in [-0.39, 0.29) is 85.2 Å². The molecule has 0 fully saturated rings. The standard InChI is InChI=1S/C14H13ClFNO4S.Cs/c1-6(18)7(2)21-8-3-9(13-17-5-11(15)22-13)12(16)10(4-8)14(19)20;/h3-7,18H,1-2H3,(H,19,20);/q;+1/p-1. The first-order chi connectivity index (χ1) is 10.3. The second-order valence-corrected chi connectivity index (χ2v) is 6.31. The molecular formula is C14H12ClCsFNO4S. The number of aliphatic hydroxyl groups excluding tert-OH is 1. The molecule has 0 spiro atoms. The van der Waals surface area contributed by atoms with Crippen LogP contribution in [0.3, 0.4) is 0 Å². The van der Waals surface area contributed by atoms with Crippen LogP contribution in [0.2, 0.25) is 4.34 Å². The molecule has 0 aliphatic rings. The summed E-state index contributed by atoms with van der Waals surface area (Å²) in [5.41, 5.74) is -0.692. The van der Waals surface area contributed by atoms with Crippen molar-refractivity contribution in [2.75, 3.05) is 0 Å². The zero-order valence-electron chi connectivity index (χ0n) is 12.7. The Morgan fingerprint density at radius 2 is 2.13 bits per heavy atom. The number of hydrogen-bond acceptors (Lipinski definition) is 6. The van der Waals surface area contributed by atoms with Gasteiger partial charge in [-0.1, -0.05) is 11.6 Å². The number of carboxylic acids is 1. The number of thiazole rings is 1. The van der Waals surface area contributed by atoms with Gasteiger partial charge < -0.3 is 19.7 Å².